The smallest absolute Gasteiger partial charge is 0.326 e. The summed E-state index contributed by atoms with van der Waals surface area (Å²) >= 11 is 1.56. The minimum absolute atomic E-state index is 0.601. The molecule has 0 amide bonds. The average molecular weight is 250 g/mol. The van der Waals surface area contributed by atoms with E-state index in [4.69, 9.17) is 5.11 Å². The molecular formula is C12H14N2O2S. The van der Waals surface area contributed by atoms with Gasteiger partial charge in [-0.3, -0.25) is 0 Å². The number of aromatic nitrogens is 2. The third-order valence-corrected chi connectivity index (χ3v) is 3.42. The summed E-state index contributed by atoms with van der Waals surface area (Å²) in [5.41, 5.74) is 1.72. The molecule has 2 rings (SSSR count). The van der Waals surface area contributed by atoms with Gasteiger partial charge in [0, 0.05) is 0 Å². The van der Waals surface area contributed by atoms with Gasteiger partial charge in [0.15, 0.2) is 5.16 Å². The topological polar surface area (TPSA) is 55.1 Å². The minimum atomic E-state index is -0.842. The van der Waals surface area contributed by atoms with Crippen molar-refractivity contribution in [2.45, 2.75) is 25.0 Å². The summed E-state index contributed by atoms with van der Waals surface area (Å²) in [5.74, 6) is 0.0291. The van der Waals surface area contributed by atoms with Crippen LogP contribution < -0.4 is 0 Å². The highest BCUT2D eigenvalue weighted by atomic mass is 32.2. The van der Waals surface area contributed by atoms with Crippen molar-refractivity contribution in [3.8, 4) is 0 Å². The van der Waals surface area contributed by atoms with Crippen molar-refractivity contribution in [3.05, 3.63) is 24.3 Å². The van der Waals surface area contributed by atoms with Gasteiger partial charge < -0.3 is 9.67 Å². The summed E-state index contributed by atoms with van der Waals surface area (Å²) in [5, 5.41) is 9.92. The fraction of sp³-hybridized carbons (Fsp3) is 0.333. The molecule has 1 heterocycles. The van der Waals surface area contributed by atoms with Crippen LogP contribution in [0.5, 0.6) is 0 Å². The molecule has 17 heavy (non-hydrogen) atoms. The van der Waals surface area contributed by atoms with E-state index in [1.165, 1.54) is 0 Å². The number of nitrogens with zero attached hydrogens (tertiary/aromatic N) is 2. The van der Waals surface area contributed by atoms with Gasteiger partial charge in [0.25, 0.3) is 0 Å². The number of imidazole rings is 1. The second kappa shape index (κ2) is 4.79. The number of benzene rings is 1. The van der Waals surface area contributed by atoms with Crippen LogP contribution >= 0.6 is 11.8 Å². The maximum Gasteiger partial charge on any atom is 0.326 e. The van der Waals surface area contributed by atoms with Gasteiger partial charge in [0.1, 0.15) is 6.04 Å². The van der Waals surface area contributed by atoms with Crippen LogP contribution in [0.25, 0.3) is 11.0 Å². The molecule has 5 heteroatoms. The molecule has 0 unspecified atom stereocenters. The van der Waals surface area contributed by atoms with Crippen LogP contribution in [0.4, 0.5) is 0 Å². The second-order valence-electron chi connectivity index (χ2n) is 3.70. The highest BCUT2D eigenvalue weighted by Gasteiger charge is 2.20. The summed E-state index contributed by atoms with van der Waals surface area (Å²) in [7, 11) is 0. The quantitative estimate of drug-likeness (QED) is 0.848. The molecule has 1 N–H and O–H groups in total. The predicted octanol–water partition coefficient (Wildman–Crippen LogP) is 2.79. The molecule has 1 aromatic carbocycles. The Bertz CT molecular complexity index is 550. The molecule has 1 atom stereocenters. The van der Waals surface area contributed by atoms with Crippen molar-refractivity contribution >= 4 is 28.8 Å². The van der Waals surface area contributed by atoms with E-state index in [1.54, 1.807) is 23.3 Å². The lowest BCUT2D eigenvalue weighted by atomic mass is 10.3. The van der Waals surface area contributed by atoms with E-state index >= 15 is 0 Å². The van der Waals surface area contributed by atoms with Crippen molar-refractivity contribution in [2.75, 3.05) is 5.75 Å². The van der Waals surface area contributed by atoms with Crippen molar-refractivity contribution in [1.29, 1.82) is 0 Å². The Hall–Kier alpha value is -1.49. The van der Waals surface area contributed by atoms with E-state index in [0.717, 1.165) is 21.9 Å². The molecular weight excluding hydrogens is 236 g/mol. The van der Waals surface area contributed by atoms with Gasteiger partial charge in [-0.25, -0.2) is 9.78 Å². The molecule has 0 saturated heterocycles. The normalized spacial score (nSPS) is 12.8. The first-order chi connectivity index (χ1) is 8.15. The Morgan fingerprint density at radius 3 is 2.88 bits per heavy atom. The Balaban J connectivity index is 2.63. The van der Waals surface area contributed by atoms with Crippen LogP contribution in [-0.2, 0) is 4.79 Å². The predicted molar refractivity (Wildman–Crippen MR) is 68.5 cm³/mol. The van der Waals surface area contributed by atoms with E-state index in [0.29, 0.717) is 0 Å². The number of hydrogen-bond acceptors (Lipinski definition) is 3. The lowest BCUT2D eigenvalue weighted by Gasteiger charge is -2.12. The van der Waals surface area contributed by atoms with Gasteiger partial charge in [-0.1, -0.05) is 30.8 Å². The Kier molecular flexibility index (Phi) is 3.38. The lowest BCUT2D eigenvalue weighted by molar-refractivity contribution is -0.140. The highest BCUT2D eigenvalue weighted by Crippen LogP contribution is 2.27. The summed E-state index contributed by atoms with van der Waals surface area (Å²) in [6.07, 6.45) is 0. The zero-order valence-corrected chi connectivity index (χ0v) is 10.6. The van der Waals surface area contributed by atoms with E-state index in [9.17, 15) is 4.79 Å². The molecule has 0 aliphatic heterocycles. The van der Waals surface area contributed by atoms with Crippen molar-refractivity contribution in [3.63, 3.8) is 0 Å². The number of para-hydroxylation sites is 2. The summed E-state index contributed by atoms with van der Waals surface area (Å²) in [6, 6.07) is 7.01. The third kappa shape index (κ3) is 2.15. The van der Waals surface area contributed by atoms with Crippen molar-refractivity contribution < 1.29 is 9.90 Å². The largest absolute Gasteiger partial charge is 0.480 e. The van der Waals surface area contributed by atoms with Crippen LogP contribution in [0.2, 0.25) is 0 Å². The standard InChI is InChI=1S/C12H14N2O2S/c1-3-17-12-13-9-6-4-5-7-10(9)14(12)8(2)11(15)16/h4-8H,3H2,1-2H3,(H,15,16)/t8-/m0/s1. The lowest BCUT2D eigenvalue weighted by Crippen LogP contribution is -2.16. The molecule has 4 nitrogen and oxygen atoms in total. The second-order valence-corrected chi connectivity index (χ2v) is 4.93. The van der Waals surface area contributed by atoms with Crippen molar-refractivity contribution in [1.82, 2.24) is 9.55 Å². The van der Waals surface area contributed by atoms with Crippen LogP contribution in [0, 0.1) is 0 Å². The van der Waals surface area contributed by atoms with E-state index in [1.807, 2.05) is 31.2 Å². The molecule has 0 bridgehead atoms. The maximum absolute atomic E-state index is 11.1. The fourth-order valence-corrected chi connectivity index (χ4v) is 2.55. The van der Waals surface area contributed by atoms with Gasteiger partial charge in [-0.2, -0.15) is 0 Å². The molecule has 0 aliphatic carbocycles. The molecule has 0 fully saturated rings. The molecule has 90 valence electrons. The minimum Gasteiger partial charge on any atom is -0.480 e. The molecule has 0 saturated carbocycles. The molecule has 2 aromatic rings. The first kappa shape index (κ1) is 12.0. The van der Waals surface area contributed by atoms with Crippen LogP contribution in [0.15, 0.2) is 29.4 Å². The zero-order chi connectivity index (χ0) is 12.4. The SMILES string of the molecule is CCSc1nc2ccccc2n1[C@@H](C)C(=O)O. The third-order valence-electron chi connectivity index (χ3n) is 2.58. The monoisotopic (exact) mass is 250 g/mol. The number of thioether (sulfide) groups is 1. The van der Waals surface area contributed by atoms with Crippen LogP contribution in [0.1, 0.15) is 19.9 Å². The maximum atomic E-state index is 11.1. The molecule has 0 aliphatic rings. The highest BCUT2D eigenvalue weighted by molar-refractivity contribution is 7.99. The Morgan fingerprint density at radius 2 is 2.24 bits per heavy atom. The van der Waals surface area contributed by atoms with Crippen LogP contribution in [-0.4, -0.2) is 26.4 Å². The summed E-state index contributed by atoms with van der Waals surface area (Å²) in [4.78, 5) is 15.6. The number of carbonyl (C=O) groups is 1. The first-order valence-corrected chi connectivity index (χ1v) is 6.46. The van der Waals surface area contributed by atoms with Gasteiger partial charge in [0.05, 0.1) is 11.0 Å². The number of rotatable bonds is 4. The van der Waals surface area contributed by atoms with Gasteiger partial charge in [-0.15, -0.1) is 0 Å². The van der Waals surface area contributed by atoms with Crippen LogP contribution in [0.3, 0.4) is 0 Å². The zero-order valence-electron chi connectivity index (χ0n) is 9.75. The molecule has 0 spiro atoms. The van der Waals surface area contributed by atoms with Crippen molar-refractivity contribution in [2.24, 2.45) is 0 Å². The van der Waals surface area contributed by atoms with Gasteiger partial charge in [0.2, 0.25) is 0 Å². The number of fused-ring (bicyclic) bond motifs is 1. The van der Waals surface area contributed by atoms with E-state index < -0.39 is 12.0 Å². The van der Waals surface area contributed by atoms with Gasteiger partial charge in [-0.05, 0) is 24.8 Å². The number of aliphatic carboxylic acids is 1. The summed E-state index contributed by atoms with van der Waals surface area (Å²) < 4.78 is 1.78. The fourth-order valence-electron chi connectivity index (χ4n) is 1.74. The number of carboxylic acids is 1. The molecule has 0 radical (unpaired) electrons. The van der Waals surface area contributed by atoms with Gasteiger partial charge >= 0.3 is 5.97 Å². The number of carboxylic acid groups (broad SMARTS) is 1. The number of hydrogen-bond donors (Lipinski definition) is 1. The summed E-state index contributed by atoms with van der Waals surface area (Å²) in [6.45, 7) is 3.70. The Labute approximate surface area is 104 Å². The first-order valence-electron chi connectivity index (χ1n) is 5.47. The molecule has 1 aromatic heterocycles. The average Bonchev–Trinajstić information content (AvgIpc) is 2.66. The Morgan fingerprint density at radius 1 is 1.53 bits per heavy atom. The van der Waals surface area contributed by atoms with E-state index in [-0.39, 0.29) is 0 Å². The van der Waals surface area contributed by atoms with E-state index in [2.05, 4.69) is 4.98 Å².